The third kappa shape index (κ3) is 5.48. The number of benzene rings is 1. The monoisotopic (exact) mass is 356 g/mol. The summed E-state index contributed by atoms with van der Waals surface area (Å²) in [6.07, 6.45) is -7.55. The summed E-state index contributed by atoms with van der Waals surface area (Å²) in [6, 6.07) is 9.25. The molecule has 1 heterocycles. The fraction of sp³-hybridized carbons (Fsp3) is 0.529. The lowest BCUT2D eigenvalue weighted by molar-refractivity contribution is -0.284. The van der Waals surface area contributed by atoms with Crippen LogP contribution in [0.4, 0.5) is 4.39 Å². The van der Waals surface area contributed by atoms with E-state index in [9.17, 15) is 19.1 Å². The number of halogens is 1. The fourth-order valence-electron chi connectivity index (χ4n) is 2.53. The van der Waals surface area contributed by atoms with Crippen molar-refractivity contribution < 1.29 is 38.0 Å². The maximum atomic E-state index is 14.7. The van der Waals surface area contributed by atoms with Gasteiger partial charge in [-0.1, -0.05) is 30.3 Å². The van der Waals surface area contributed by atoms with Crippen molar-refractivity contribution in [2.75, 3.05) is 6.61 Å². The first kappa shape index (κ1) is 19.3. The SMILES string of the molecule is CC(=O)O[C@@H]1[C@H](F)[C@@H](COCc2ccccc2)OC(O)[C@H]1OC(C)=O. The van der Waals surface area contributed by atoms with Gasteiger partial charge in [0.25, 0.3) is 0 Å². The third-order valence-corrected chi connectivity index (χ3v) is 3.59. The van der Waals surface area contributed by atoms with Crippen LogP contribution < -0.4 is 0 Å². The molecule has 0 saturated carbocycles. The van der Waals surface area contributed by atoms with E-state index in [1.807, 2.05) is 30.3 Å². The van der Waals surface area contributed by atoms with Gasteiger partial charge in [-0.05, 0) is 5.56 Å². The van der Waals surface area contributed by atoms with Gasteiger partial charge in [0.1, 0.15) is 6.10 Å². The Hall–Kier alpha value is -2.03. The normalized spacial score (nSPS) is 29.0. The largest absolute Gasteiger partial charge is 0.455 e. The predicted molar refractivity (Wildman–Crippen MR) is 83.0 cm³/mol. The highest BCUT2D eigenvalue weighted by atomic mass is 19.1. The summed E-state index contributed by atoms with van der Waals surface area (Å²) < 4.78 is 35.0. The molecule has 1 N–H and O–H groups in total. The molecular weight excluding hydrogens is 335 g/mol. The molecule has 0 aromatic heterocycles. The molecule has 0 spiro atoms. The molecule has 1 unspecified atom stereocenters. The average molecular weight is 356 g/mol. The molecule has 1 aromatic rings. The van der Waals surface area contributed by atoms with E-state index < -0.39 is 42.7 Å². The summed E-state index contributed by atoms with van der Waals surface area (Å²) in [4.78, 5) is 22.3. The Labute approximate surface area is 144 Å². The van der Waals surface area contributed by atoms with Gasteiger partial charge in [-0.15, -0.1) is 0 Å². The fourth-order valence-corrected chi connectivity index (χ4v) is 2.53. The lowest BCUT2D eigenvalue weighted by Gasteiger charge is -2.40. The van der Waals surface area contributed by atoms with E-state index in [-0.39, 0.29) is 13.2 Å². The van der Waals surface area contributed by atoms with Crippen LogP contribution in [0, 0.1) is 0 Å². The minimum atomic E-state index is -1.83. The highest BCUT2D eigenvalue weighted by Crippen LogP contribution is 2.28. The number of alkyl halides is 1. The standard InChI is InChI=1S/C17H21FO7/c1-10(19)23-15-14(18)13(25-17(21)16(15)24-11(2)20)9-22-8-12-6-4-3-5-7-12/h3-7,13-17,21H,8-9H2,1-2H3/t13-,14-,15-,16+,17?/m1/s1. The second kappa shape index (κ2) is 8.89. The van der Waals surface area contributed by atoms with E-state index >= 15 is 0 Å². The van der Waals surface area contributed by atoms with Crippen molar-refractivity contribution in [1.82, 2.24) is 0 Å². The summed E-state index contributed by atoms with van der Waals surface area (Å²) in [5, 5.41) is 9.99. The third-order valence-electron chi connectivity index (χ3n) is 3.59. The van der Waals surface area contributed by atoms with Gasteiger partial charge in [-0.3, -0.25) is 9.59 Å². The van der Waals surface area contributed by atoms with E-state index in [4.69, 9.17) is 18.9 Å². The van der Waals surface area contributed by atoms with Gasteiger partial charge < -0.3 is 24.1 Å². The number of carbonyl (C=O) groups excluding carboxylic acids is 2. The molecule has 1 fully saturated rings. The minimum absolute atomic E-state index is 0.169. The molecule has 1 aliphatic rings. The molecule has 1 saturated heterocycles. The molecule has 8 heteroatoms. The Morgan fingerprint density at radius 2 is 1.72 bits per heavy atom. The second-order valence-electron chi connectivity index (χ2n) is 5.66. The quantitative estimate of drug-likeness (QED) is 0.764. The number of aliphatic hydroxyl groups excluding tert-OH is 1. The van der Waals surface area contributed by atoms with Crippen molar-refractivity contribution >= 4 is 11.9 Å². The van der Waals surface area contributed by atoms with Crippen molar-refractivity contribution in [2.45, 2.75) is 51.2 Å². The van der Waals surface area contributed by atoms with E-state index in [2.05, 4.69) is 0 Å². The number of carbonyl (C=O) groups is 2. The maximum Gasteiger partial charge on any atom is 0.303 e. The van der Waals surface area contributed by atoms with E-state index in [0.717, 1.165) is 19.4 Å². The minimum Gasteiger partial charge on any atom is -0.455 e. The van der Waals surface area contributed by atoms with Crippen LogP contribution in [0.1, 0.15) is 19.4 Å². The molecule has 5 atom stereocenters. The molecule has 1 aliphatic heterocycles. The summed E-state index contributed by atoms with van der Waals surface area (Å²) in [7, 11) is 0. The smallest absolute Gasteiger partial charge is 0.303 e. The molecule has 25 heavy (non-hydrogen) atoms. The van der Waals surface area contributed by atoms with Crippen LogP contribution in [0.3, 0.4) is 0 Å². The maximum absolute atomic E-state index is 14.7. The van der Waals surface area contributed by atoms with Crippen molar-refractivity contribution in [3.63, 3.8) is 0 Å². The summed E-state index contributed by atoms with van der Waals surface area (Å²) >= 11 is 0. The zero-order chi connectivity index (χ0) is 18.4. The van der Waals surface area contributed by atoms with Crippen LogP contribution in [0.5, 0.6) is 0 Å². The van der Waals surface area contributed by atoms with E-state index in [1.54, 1.807) is 0 Å². The molecule has 0 radical (unpaired) electrons. The molecule has 0 bridgehead atoms. The van der Waals surface area contributed by atoms with Crippen molar-refractivity contribution in [3.05, 3.63) is 35.9 Å². The molecule has 7 nitrogen and oxygen atoms in total. The van der Waals surface area contributed by atoms with Crippen molar-refractivity contribution in [2.24, 2.45) is 0 Å². The summed E-state index contributed by atoms with van der Waals surface area (Å²) in [5.74, 6) is -1.52. The van der Waals surface area contributed by atoms with Gasteiger partial charge in [0.15, 0.2) is 24.7 Å². The molecule has 0 aliphatic carbocycles. The molecule has 2 rings (SSSR count). The number of rotatable bonds is 6. The lowest BCUT2D eigenvalue weighted by Crippen LogP contribution is -2.59. The molecule has 1 aromatic carbocycles. The second-order valence-corrected chi connectivity index (χ2v) is 5.66. The molecule has 0 amide bonds. The number of esters is 2. The first-order valence-corrected chi connectivity index (χ1v) is 7.82. The van der Waals surface area contributed by atoms with Crippen LogP contribution in [-0.4, -0.2) is 54.4 Å². The Morgan fingerprint density at radius 3 is 2.32 bits per heavy atom. The average Bonchev–Trinajstić information content (AvgIpc) is 2.55. The predicted octanol–water partition coefficient (Wildman–Crippen LogP) is 1.12. The van der Waals surface area contributed by atoms with Gasteiger partial charge in [-0.25, -0.2) is 4.39 Å². The van der Waals surface area contributed by atoms with Gasteiger partial charge in [0, 0.05) is 13.8 Å². The topological polar surface area (TPSA) is 91.3 Å². The summed E-state index contributed by atoms with van der Waals surface area (Å²) in [5.41, 5.74) is 0.892. The van der Waals surface area contributed by atoms with Crippen LogP contribution in [0.25, 0.3) is 0 Å². The Morgan fingerprint density at radius 1 is 1.12 bits per heavy atom. The first-order valence-electron chi connectivity index (χ1n) is 7.82. The number of hydrogen-bond donors (Lipinski definition) is 1. The molecule has 138 valence electrons. The van der Waals surface area contributed by atoms with E-state index in [0.29, 0.717) is 0 Å². The molecular formula is C17H21FO7. The summed E-state index contributed by atoms with van der Waals surface area (Å²) in [6.45, 7) is 2.26. The van der Waals surface area contributed by atoms with Crippen molar-refractivity contribution in [1.29, 1.82) is 0 Å². The van der Waals surface area contributed by atoms with Gasteiger partial charge in [-0.2, -0.15) is 0 Å². The van der Waals surface area contributed by atoms with Gasteiger partial charge >= 0.3 is 11.9 Å². The Balaban J connectivity index is 1.99. The highest BCUT2D eigenvalue weighted by Gasteiger charge is 2.50. The Bertz CT molecular complexity index is 580. The van der Waals surface area contributed by atoms with Crippen LogP contribution in [0.15, 0.2) is 30.3 Å². The zero-order valence-corrected chi connectivity index (χ0v) is 14.0. The Kier molecular flexibility index (Phi) is 6.86. The zero-order valence-electron chi connectivity index (χ0n) is 14.0. The van der Waals surface area contributed by atoms with Gasteiger partial charge in [0.2, 0.25) is 0 Å². The number of aliphatic hydroxyl groups is 1. The van der Waals surface area contributed by atoms with Crippen LogP contribution in [-0.2, 0) is 35.1 Å². The lowest BCUT2D eigenvalue weighted by atomic mass is 10.00. The number of hydrogen-bond acceptors (Lipinski definition) is 7. The first-order chi connectivity index (χ1) is 11.9. The highest BCUT2D eigenvalue weighted by molar-refractivity contribution is 5.67. The number of ether oxygens (including phenoxy) is 4. The van der Waals surface area contributed by atoms with Crippen LogP contribution >= 0.6 is 0 Å². The van der Waals surface area contributed by atoms with Gasteiger partial charge in [0.05, 0.1) is 13.2 Å². The van der Waals surface area contributed by atoms with E-state index in [1.165, 1.54) is 0 Å². The van der Waals surface area contributed by atoms with Crippen LogP contribution in [0.2, 0.25) is 0 Å². The van der Waals surface area contributed by atoms with Crippen molar-refractivity contribution in [3.8, 4) is 0 Å².